The fraction of sp³-hybridized carbons (Fsp3) is 0.389. The van der Waals surface area contributed by atoms with Crippen LogP contribution in [0.15, 0.2) is 41.7 Å². The van der Waals surface area contributed by atoms with E-state index in [1.165, 1.54) is 0 Å². The van der Waals surface area contributed by atoms with Crippen LogP contribution in [0.1, 0.15) is 5.56 Å². The van der Waals surface area contributed by atoms with Crippen molar-refractivity contribution in [3.05, 3.63) is 42.2 Å². The standard InChI is InChI=1S/C18H26N4O3.HI/c1-19-18(20-7-10-22-8-5-6-9-22)21-13-14-11-16(24-3)17(25-4)12-15(14)23-2;/h5-6,8-9,11-12H,7,10,13H2,1-4H3,(H2,19,20,21);1H. The van der Waals surface area contributed by atoms with Crippen LogP contribution in [-0.2, 0) is 13.1 Å². The Morgan fingerprint density at radius 2 is 1.58 bits per heavy atom. The van der Waals surface area contributed by atoms with Crippen molar-refractivity contribution in [1.29, 1.82) is 0 Å². The maximum Gasteiger partial charge on any atom is 0.191 e. The summed E-state index contributed by atoms with van der Waals surface area (Å²) in [7, 11) is 6.60. The maximum atomic E-state index is 5.44. The number of nitrogens with one attached hydrogen (secondary N) is 2. The Balaban J connectivity index is 0.00000338. The number of halogens is 1. The van der Waals surface area contributed by atoms with Gasteiger partial charge >= 0.3 is 0 Å². The molecule has 0 amide bonds. The molecule has 0 unspecified atom stereocenters. The third kappa shape index (κ3) is 6.01. The van der Waals surface area contributed by atoms with Crippen LogP contribution >= 0.6 is 24.0 Å². The average Bonchev–Trinajstić information content (AvgIpc) is 3.17. The predicted octanol–water partition coefficient (Wildman–Crippen LogP) is 2.50. The Bertz CT molecular complexity index is 690. The highest BCUT2D eigenvalue weighted by Crippen LogP contribution is 2.34. The number of hydrogen-bond donors (Lipinski definition) is 2. The normalized spacial score (nSPS) is 10.7. The molecule has 0 radical (unpaired) electrons. The first-order valence-corrected chi connectivity index (χ1v) is 8.06. The monoisotopic (exact) mass is 474 g/mol. The molecular weight excluding hydrogens is 447 g/mol. The molecule has 2 rings (SSSR count). The van der Waals surface area contributed by atoms with Gasteiger partial charge in [-0.25, -0.2) is 0 Å². The molecule has 8 heteroatoms. The van der Waals surface area contributed by atoms with E-state index in [0.717, 1.165) is 30.4 Å². The van der Waals surface area contributed by atoms with Crippen molar-refractivity contribution >= 4 is 29.9 Å². The van der Waals surface area contributed by atoms with Crippen molar-refractivity contribution in [3.8, 4) is 17.2 Å². The zero-order chi connectivity index (χ0) is 18.1. The summed E-state index contributed by atoms with van der Waals surface area (Å²) in [6.45, 7) is 2.19. The van der Waals surface area contributed by atoms with Gasteiger partial charge in [-0.15, -0.1) is 24.0 Å². The first kappa shape index (κ1) is 21.9. The minimum Gasteiger partial charge on any atom is -0.496 e. The van der Waals surface area contributed by atoms with Crippen LogP contribution in [0.25, 0.3) is 0 Å². The number of methoxy groups -OCH3 is 3. The molecule has 0 spiro atoms. The second-order valence-electron chi connectivity index (χ2n) is 5.29. The van der Waals surface area contributed by atoms with Crippen molar-refractivity contribution in [1.82, 2.24) is 15.2 Å². The minimum absolute atomic E-state index is 0. The lowest BCUT2D eigenvalue weighted by molar-refractivity contribution is 0.347. The van der Waals surface area contributed by atoms with Crippen LogP contribution in [0.2, 0.25) is 0 Å². The van der Waals surface area contributed by atoms with E-state index < -0.39 is 0 Å². The Morgan fingerprint density at radius 3 is 2.15 bits per heavy atom. The molecule has 0 saturated carbocycles. The van der Waals surface area contributed by atoms with Crippen molar-refractivity contribution < 1.29 is 14.2 Å². The molecular formula is C18H27IN4O3. The Hall–Kier alpha value is -2.10. The average molecular weight is 474 g/mol. The number of guanidine groups is 1. The quantitative estimate of drug-likeness (QED) is 0.350. The molecule has 1 aromatic carbocycles. The lowest BCUT2D eigenvalue weighted by Crippen LogP contribution is -2.38. The maximum absolute atomic E-state index is 5.44. The van der Waals surface area contributed by atoms with Gasteiger partial charge in [-0.05, 0) is 18.2 Å². The molecule has 0 bridgehead atoms. The van der Waals surface area contributed by atoms with E-state index in [0.29, 0.717) is 18.0 Å². The van der Waals surface area contributed by atoms with Crippen LogP contribution < -0.4 is 24.8 Å². The zero-order valence-corrected chi connectivity index (χ0v) is 17.9. The second-order valence-corrected chi connectivity index (χ2v) is 5.29. The lowest BCUT2D eigenvalue weighted by Gasteiger charge is -2.16. The van der Waals surface area contributed by atoms with Crippen LogP contribution in [0.5, 0.6) is 17.2 Å². The highest BCUT2D eigenvalue weighted by Gasteiger charge is 2.12. The molecule has 0 fully saturated rings. The van der Waals surface area contributed by atoms with Crippen LogP contribution in [0.3, 0.4) is 0 Å². The van der Waals surface area contributed by atoms with Gasteiger partial charge in [-0.1, -0.05) is 0 Å². The SMILES string of the molecule is CN=C(NCCn1cccc1)NCc1cc(OC)c(OC)cc1OC.I. The number of ether oxygens (including phenoxy) is 3. The molecule has 0 atom stereocenters. The van der Waals surface area contributed by atoms with E-state index in [-0.39, 0.29) is 24.0 Å². The summed E-state index contributed by atoms with van der Waals surface area (Å²) in [6.07, 6.45) is 4.07. The van der Waals surface area contributed by atoms with E-state index in [1.807, 2.05) is 36.7 Å². The Labute approximate surface area is 171 Å². The van der Waals surface area contributed by atoms with Gasteiger partial charge in [-0.2, -0.15) is 0 Å². The number of benzene rings is 1. The molecule has 0 saturated heterocycles. The van der Waals surface area contributed by atoms with Crippen molar-refractivity contribution in [3.63, 3.8) is 0 Å². The van der Waals surface area contributed by atoms with Gasteiger partial charge in [0, 0.05) is 50.7 Å². The topological polar surface area (TPSA) is 69.0 Å². The molecule has 7 nitrogen and oxygen atoms in total. The van der Waals surface area contributed by atoms with Gasteiger partial charge in [0.1, 0.15) is 5.75 Å². The van der Waals surface area contributed by atoms with Gasteiger partial charge in [0.05, 0.1) is 21.3 Å². The number of aromatic nitrogens is 1. The Kier molecular flexibility index (Phi) is 9.71. The smallest absolute Gasteiger partial charge is 0.191 e. The van der Waals surface area contributed by atoms with E-state index in [4.69, 9.17) is 14.2 Å². The zero-order valence-electron chi connectivity index (χ0n) is 15.6. The molecule has 1 heterocycles. The van der Waals surface area contributed by atoms with Crippen molar-refractivity contribution in [2.45, 2.75) is 13.1 Å². The summed E-state index contributed by atoms with van der Waals surface area (Å²) in [6, 6.07) is 7.74. The summed E-state index contributed by atoms with van der Waals surface area (Å²) >= 11 is 0. The van der Waals surface area contributed by atoms with Gasteiger partial charge in [0.25, 0.3) is 0 Å². The fourth-order valence-corrected chi connectivity index (χ4v) is 2.45. The summed E-state index contributed by atoms with van der Waals surface area (Å²) < 4.78 is 18.2. The molecule has 2 aromatic rings. The van der Waals surface area contributed by atoms with E-state index in [2.05, 4.69) is 20.2 Å². The highest BCUT2D eigenvalue weighted by atomic mass is 127. The fourth-order valence-electron chi connectivity index (χ4n) is 2.45. The summed E-state index contributed by atoms with van der Waals surface area (Å²) in [5.74, 6) is 2.75. The first-order valence-electron chi connectivity index (χ1n) is 8.06. The summed E-state index contributed by atoms with van der Waals surface area (Å²) in [5, 5.41) is 6.57. The minimum atomic E-state index is 0. The number of hydrogen-bond acceptors (Lipinski definition) is 4. The van der Waals surface area contributed by atoms with Gasteiger partial charge in [0.15, 0.2) is 17.5 Å². The van der Waals surface area contributed by atoms with Crippen LogP contribution in [0, 0.1) is 0 Å². The van der Waals surface area contributed by atoms with Crippen LogP contribution in [-0.4, -0.2) is 45.4 Å². The lowest BCUT2D eigenvalue weighted by atomic mass is 10.1. The van der Waals surface area contributed by atoms with Gasteiger partial charge < -0.3 is 29.4 Å². The molecule has 0 aliphatic carbocycles. The summed E-state index contributed by atoms with van der Waals surface area (Å²) in [5.41, 5.74) is 0.952. The third-order valence-corrected chi connectivity index (χ3v) is 3.79. The predicted molar refractivity (Wildman–Crippen MR) is 114 cm³/mol. The van der Waals surface area contributed by atoms with E-state index in [9.17, 15) is 0 Å². The van der Waals surface area contributed by atoms with Crippen LogP contribution in [0.4, 0.5) is 0 Å². The van der Waals surface area contributed by atoms with E-state index >= 15 is 0 Å². The van der Waals surface area contributed by atoms with Gasteiger partial charge in [-0.3, -0.25) is 4.99 Å². The largest absolute Gasteiger partial charge is 0.496 e. The highest BCUT2D eigenvalue weighted by molar-refractivity contribution is 14.0. The first-order chi connectivity index (χ1) is 12.2. The molecule has 26 heavy (non-hydrogen) atoms. The Morgan fingerprint density at radius 1 is 0.962 bits per heavy atom. The number of nitrogens with zero attached hydrogens (tertiary/aromatic N) is 2. The van der Waals surface area contributed by atoms with Gasteiger partial charge in [0.2, 0.25) is 0 Å². The van der Waals surface area contributed by atoms with E-state index in [1.54, 1.807) is 28.4 Å². The molecule has 0 aliphatic heterocycles. The number of rotatable bonds is 8. The molecule has 1 aromatic heterocycles. The second kappa shape index (κ2) is 11.5. The number of aliphatic imine (C=N–C) groups is 1. The molecule has 144 valence electrons. The molecule has 0 aliphatic rings. The van der Waals surface area contributed by atoms with Crippen molar-refractivity contribution in [2.75, 3.05) is 34.9 Å². The third-order valence-electron chi connectivity index (χ3n) is 3.79. The molecule has 2 N–H and O–H groups in total. The van der Waals surface area contributed by atoms with Crippen molar-refractivity contribution in [2.24, 2.45) is 4.99 Å². The summed E-state index contributed by atoms with van der Waals surface area (Å²) in [4.78, 5) is 4.24.